The number of rotatable bonds is 5. The fourth-order valence-electron chi connectivity index (χ4n) is 8.85. The number of benzene rings is 8. The first-order chi connectivity index (χ1) is 28.2. The molecule has 12 rings (SSSR count). The number of para-hydroxylation sites is 3. The minimum absolute atomic E-state index is 0.124. The van der Waals surface area contributed by atoms with Crippen molar-refractivity contribution in [1.82, 2.24) is 15.2 Å². The van der Waals surface area contributed by atoms with Crippen LogP contribution in [0.2, 0.25) is 0 Å². The van der Waals surface area contributed by atoms with Gasteiger partial charge in [0.1, 0.15) is 23.8 Å². The van der Waals surface area contributed by atoms with Crippen LogP contribution in [0.3, 0.4) is 0 Å². The van der Waals surface area contributed by atoms with Crippen LogP contribution in [0, 0.1) is 0 Å². The van der Waals surface area contributed by atoms with Gasteiger partial charge in [0.15, 0.2) is 5.58 Å². The van der Waals surface area contributed by atoms with E-state index in [0.717, 1.165) is 44.6 Å². The van der Waals surface area contributed by atoms with Crippen molar-refractivity contribution in [2.75, 3.05) is 0 Å². The Balaban J connectivity index is 0.952. The Labute approximate surface area is 332 Å². The van der Waals surface area contributed by atoms with E-state index in [9.17, 15) is 0 Å². The van der Waals surface area contributed by atoms with E-state index >= 15 is 0 Å². The zero-order valence-corrected chi connectivity index (χ0v) is 31.5. The van der Waals surface area contributed by atoms with Gasteiger partial charge in [-0.1, -0.05) is 140 Å². The molecule has 270 valence electrons. The van der Waals surface area contributed by atoms with E-state index in [2.05, 4.69) is 185 Å². The molecule has 2 N–H and O–H groups in total. The maximum Gasteiger partial charge on any atom is 0.159 e. The average molecular weight is 751 g/mol. The topological polar surface area (TPSA) is 54.5 Å². The predicted octanol–water partition coefficient (Wildman–Crippen LogP) is 13.1. The lowest BCUT2D eigenvalue weighted by Crippen LogP contribution is -2.44. The van der Waals surface area contributed by atoms with Gasteiger partial charge in [-0.25, -0.2) is 4.99 Å². The number of aliphatic imine (C=N–C) groups is 1. The summed E-state index contributed by atoms with van der Waals surface area (Å²) < 4.78 is 11.7. The molecule has 1 aliphatic rings. The van der Waals surface area contributed by atoms with Crippen molar-refractivity contribution in [1.29, 1.82) is 0 Å². The largest absolute Gasteiger partial charge is 0.454 e. The molecule has 57 heavy (non-hydrogen) atoms. The zero-order valence-electron chi connectivity index (χ0n) is 30.7. The average Bonchev–Trinajstić information content (AvgIpc) is 3.96. The Morgan fingerprint density at radius 3 is 2.05 bits per heavy atom. The van der Waals surface area contributed by atoms with Crippen molar-refractivity contribution >= 4 is 81.1 Å². The molecule has 0 bridgehead atoms. The molecule has 5 nitrogen and oxygen atoms in total. The van der Waals surface area contributed by atoms with E-state index in [1.807, 2.05) is 23.5 Å². The summed E-state index contributed by atoms with van der Waals surface area (Å²) in [6.45, 7) is 0. The number of thiophene rings is 1. The molecule has 2 atom stereocenters. The maximum atomic E-state index is 6.81. The smallest absolute Gasteiger partial charge is 0.159 e. The highest BCUT2D eigenvalue weighted by atomic mass is 32.1. The Bertz CT molecular complexity index is 3320. The first-order valence-corrected chi connectivity index (χ1v) is 20.2. The summed E-state index contributed by atoms with van der Waals surface area (Å²) in [5, 5.41) is 14.7. The Kier molecular flexibility index (Phi) is 7.24. The first kappa shape index (κ1) is 32.3. The van der Waals surface area contributed by atoms with E-state index in [1.165, 1.54) is 58.7 Å². The summed E-state index contributed by atoms with van der Waals surface area (Å²) in [6.07, 6.45) is -0.300. The van der Waals surface area contributed by atoms with Crippen LogP contribution in [0.15, 0.2) is 191 Å². The van der Waals surface area contributed by atoms with Gasteiger partial charge in [0.05, 0.1) is 16.7 Å². The van der Waals surface area contributed by atoms with E-state index in [1.54, 1.807) is 0 Å². The van der Waals surface area contributed by atoms with E-state index in [-0.39, 0.29) is 12.3 Å². The summed E-state index contributed by atoms with van der Waals surface area (Å²) in [6, 6.07) is 64.9. The van der Waals surface area contributed by atoms with Crippen LogP contribution >= 0.6 is 11.3 Å². The summed E-state index contributed by atoms with van der Waals surface area (Å²) in [7, 11) is 0. The molecular formula is C51H34N4OS. The highest BCUT2D eigenvalue weighted by Gasteiger charge is 2.26. The molecule has 0 radical (unpaired) electrons. The third kappa shape index (κ3) is 5.15. The lowest BCUT2D eigenvalue weighted by molar-refractivity contribution is 0.409. The lowest BCUT2D eigenvalue weighted by atomic mass is 9.98. The molecule has 6 heteroatoms. The second kappa shape index (κ2) is 12.8. The number of nitrogens with one attached hydrogen (secondary N) is 2. The third-order valence-electron chi connectivity index (χ3n) is 11.5. The van der Waals surface area contributed by atoms with Gasteiger partial charge in [-0.2, -0.15) is 0 Å². The quantitative estimate of drug-likeness (QED) is 0.184. The van der Waals surface area contributed by atoms with Crippen LogP contribution in [-0.4, -0.2) is 10.4 Å². The standard InChI is InChI=1S/C51H34N4OS/c1-3-13-31(14-4-1)49-52-50(32-15-5-2-6-16-32)54-51(53-49)34-26-28-45-40(29-34)38-27-25-33(30-46(38)57-45)35-19-12-24-44-47(35)39-20-11-23-43(48(39)56-44)55-41-21-9-7-17-36(41)37-18-8-10-22-42(37)55/h1-30,49,51,53H,(H,52,54). The second-order valence-electron chi connectivity index (χ2n) is 14.8. The number of nitrogens with zero attached hydrogens (tertiary/aromatic N) is 2. The van der Waals surface area contributed by atoms with Gasteiger partial charge in [-0.15, -0.1) is 11.3 Å². The van der Waals surface area contributed by atoms with Crippen LogP contribution in [0.5, 0.6) is 0 Å². The number of hydrogen-bond acceptors (Lipinski definition) is 5. The summed E-state index contributed by atoms with van der Waals surface area (Å²) in [4.78, 5) is 5.11. The number of amidine groups is 1. The van der Waals surface area contributed by atoms with Gasteiger partial charge in [0.2, 0.25) is 0 Å². The van der Waals surface area contributed by atoms with Crippen molar-refractivity contribution < 1.29 is 4.42 Å². The fourth-order valence-corrected chi connectivity index (χ4v) is 9.98. The fraction of sp³-hybridized carbons (Fsp3) is 0.0392. The predicted molar refractivity (Wildman–Crippen MR) is 238 cm³/mol. The monoisotopic (exact) mass is 750 g/mol. The van der Waals surface area contributed by atoms with E-state index in [0.29, 0.717) is 0 Å². The Hall–Kier alpha value is -6.99. The minimum atomic E-state index is -0.176. The molecule has 3 aromatic heterocycles. The molecule has 0 saturated carbocycles. The van der Waals surface area contributed by atoms with Crippen molar-refractivity contribution in [2.24, 2.45) is 4.99 Å². The summed E-state index contributed by atoms with van der Waals surface area (Å²) in [5.41, 5.74) is 10.9. The molecular weight excluding hydrogens is 717 g/mol. The maximum absolute atomic E-state index is 6.81. The molecule has 0 saturated heterocycles. The van der Waals surface area contributed by atoms with Gasteiger partial charge in [-0.3, -0.25) is 5.32 Å². The molecule has 8 aromatic carbocycles. The molecule has 0 aliphatic carbocycles. The van der Waals surface area contributed by atoms with E-state index < -0.39 is 0 Å². The highest BCUT2D eigenvalue weighted by molar-refractivity contribution is 7.25. The molecule has 1 aliphatic heterocycles. The number of hydrogen-bond donors (Lipinski definition) is 2. The van der Waals surface area contributed by atoms with Crippen molar-refractivity contribution in [2.45, 2.75) is 12.3 Å². The Morgan fingerprint density at radius 2 is 1.25 bits per heavy atom. The van der Waals surface area contributed by atoms with Gasteiger partial charge in [-0.05, 0) is 64.7 Å². The van der Waals surface area contributed by atoms with Crippen molar-refractivity contribution in [3.8, 4) is 16.8 Å². The van der Waals surface area contributed by atoms with E-state index in [4.69, 9.17) is 9.41 Å². The zero-order chi connectivity index (χ0) is 37.5. The van der Waals surface area contributed by atoms with Gasteiger partial charge in [0.25, 0.3) is 0 Å². The molecule has 0 spiro atoms. The summed E-state index contributed by atoms with van der Waals surface area (Å²) >= 11 is 1.84. The molecule has 2 unspecified atom stereocenters. The van der Waals surface area contributed by atoms with Crippen molar-refractivity contribution in [3.05, 3.63) is 199 Å². The summed E-state index contributed by atoms with van der Waals surface area (Å²) in [5.74, 6) is 0.885. The number of aromatic nitrogens is 1. The number of furan rings is 1. The van der Waals surface area contributed by atoms with Gasteiger partial charge >= 0.3 is 0 Å². The molecule has 0 amide bonds. The SMILES string of the molecule is c1ccc(C2=NC(c3ccccc3)NC(c3ccc4sc5cc(-c6cccc7oc8c(-n9c%10ccccc%10c%10ccccc%109)cccc8c67)ccc5c4c3)N2)cc1. The van der Waals surface area contributed by atoms with Crippen LogP contribution in [0.4, 0.5) is 0 Å². The normalized spacial score (nSPS) is 15.9. The van der Waals surface area contributed by atoms with Crippen LogP contribution in [0.1, 0.15) is 29.0 Å². The number of fused-ring (bicyclic) bond motifs is 9. The van der Waals surface area contributed by atoms with Crippen LogP contribution < -0.4 is 10.6 Å². The molecule has 11 aromatic rings. The first-order valence-electron chi connectivity index (χ1n) is 19.4. The third-order valence-corrected chi connectivity index (χ3v) is 12.6. The second-order valence-corrected chi connectivity index (χ2v) is 15.9. The van der Waals surface area contributed by atoms with Crippen LogP contribution in [-0.2, 0) is 0 Å². The van der Waals surface area contributed by atoms with Gasteiger partial charge < -0.3 is 14.3 Å². The van der Waals surface area contributed by atoms with Gasteiger partial charge in [0, 0.05) is 47.3 Å². The Morgan fingerprint density at radius 1 is 0.526 bits per heavy atom. The van der Waals surface area contributed by atoms with Crippen molar-refractivity contribution in [3.63, 3.8) is 0 Å². The molecule has 0 fully saturated rings. The highest BCUT2D eigenvalue weighted by Crippen LogP contribution is 2.43. The van der Waals surface area contributed by atoms with Crippen LogP contribution in [0.25, 0.3) is 80.7 Å². The minimum Gasteiger partial charge on any atom is -0.454 e. The molecule has 4 heterocycles. The lowest BCUT2D eigenvalue weighted by Gasteiger charge is -2.32.